The van der Waals surface area contributed by atoms with Gasteiger partial charge in [-0.1, -0.05) is 38.1 Å². The summed E-state index contributed by atoms with van der Waals surface area (Å²) in [5.41, 5.74) is 0.754. The molecule has 1 aliphatic heterocycles. The van der Waals surface area contributed by atoms with Crippen molar-refractivity contribution < 1.29 is 5.11 Å². The maximum absolute atomic E-state index is 9.44. The van der Waals surface area contributed by atoms with Crippen LogP contribution in [0.25, 0.3) is 10.8 Å². The third kappa shape index (κ3) is 2.50. The minimum atomic E-state index is -0.00319. The minimum absolute atomic E-state index is 0.00319. The number of fused-ring (bicyclic) bond motifs is 1. The smallest absolute Gasteiger partial charge is 0.136 e. The first-order valence-corrected chi connectivity index (χ1v) is 7.42. The predicted molar refractivity (Wildman–Crippen MR) is 82.8 cm³/mol. The van der Waals surface area contributed by atoms with Gasteiger partial charge >= 0.3 is 0 Å². The van der Waals surface area contributed by atoms with E-state index in [0.717, 1.165) is 30.0 Å². The number of anilines is 1. The Morgan fingerprint density at radius 1 is 1.20 bits per heavy atom. The molecule has 3 heteroatoms. The SMILES string of the molecule is CC1CC(C)CN(c2nc(CO)cc3ccccc23)C1. The first-order valence-electron chi connectivity index (χ1n) is 7.42. The van der Waals surface area contributed by atoms with E-state index < -0.39 is 0 Å². The second kappa shape index (κ2) is 5.41. The van der Waals surface area contributed by atoms with Gasteiger partial charge in [-0.25, -0.2) is 4.98 Å². The number of piperidine rings is 1. The zero-order valence-electron chi connectivity index (χ0n) is 12.2. The number of nitrogens with zero attached hydrogens (tertiary/aromatic N) is 2. The van der Waals surface area contributed by atoms with Crippen molar-refractivity contribution >= 4 is 16.6 Å². The number of pyridine rings is 1. The molecule has 0 radical (unpaired) electrons. The molecule has 1 aromatic carbocycles. The quantitative estimate of drug-likeness (QED) is 0.910. The monoisotopic (exact) mass is 270 g/mol. The molecular weight excluding hydrogens is 248 g/mol. The summed E-state index contributed by atoms with van der Waals surface area (Å²) in [7, 11) is 0. The number of hydrogen-bond donors (Lipinski definition) is 1. The van der Waals surface area contributed by atoms with Crippen LogP contribution >= 0.6 is 0 Å². The fraction of sp³-hybridized carbons (Fsp3) is 0.471. The highest BCUT2D eigenvalue weighted by molar-refractivity contribution is 5.92. The Morgan fingerprint density at radius 3 is 2.60 bits per heavy atom. The molecule has 3 rings (SSSR count). The molecule has 106 valence electrons. The molecule has 2 heterocycles. The molecule has 0 saturated carbocycles. The van der Waals surface area contributed by atoms with E-state index in [4.69, 9.17) is 0 Å². The first-order chi connectivity index (χ1) is 9.67. The molecule has 0 bridgehead atoms. The molecule has 1 saturated heterocycles. The molecule has 0 amide bonds. The van der Waals surface area contributed by atoms with Crippen LogP contribution in [0, 0.1) is 11.8 Å². The maximum atomic E-state index is 9.44. The van der Waals surface area contributed by atoms with E-state index >= 15 is 0 Å². The van der Waals surface area contributed by atoms with Crippen LogP contribution in [0.4, 0.5) is 5.82 Å². The van der Waals surface area contributed by atoms with Gasteiger partial charge in [-0.05, 0) is 29.7 Å². The lowest BCUT2D eigenvalue weighted by Crippen LogP contribution is -2.39. The topological polar surface area (TPSA) is 36.4 Å². The third-order valence-corrected chi connectivity index (χ3v) is 4.10. The van der Waals surface area contributed by atoms with Crippen molar-refractivity contribution in [1.29, 1.82) is 0 Å². The predicted octanol–water partition coefficient (Wildman–Crippen LogP) is 3.21. The Labute approximate surface area is 120 Å². The number of rotatable bonds is 2. The normalized spacial score (nSPS) is 23.2. The van der Waals surface area contributed by atoms with Gasteiger partial charge in [0.1, 0.15) is 5.82 Å². The lowest BCUT2D eigenvalue weighted by molar-refractivity contribution is 0.277. The van der Waals surface area contributed by atoms with Gasteiger partial charge in [0, 0.05) is 18.5 Å². The van der Waals surface area contributed by atoms with Crippen molar-refractivity contribution in [3.8, 4) is 0 Å². The van der Waals surface area contributed by atoms with Crippen molar-refractivity contribution in [2.24, 2.45) is 11.8 Å². The molecule has 1 fully saturated rings. The van der Waals surface area contributed by atoms with Gasteiger partial charge in [-0.3, -0.25) is 0 Å². The van der Waals surface area contributed by atoms with Crippen LogP contribution in [0.15, 0.2) is 30.3 Å². The van der Waals surface area contributed by atoms with Gasteiger partial charge < -0.3 is 10.0 Å². The minimum Gasteiger partial charge on any atom is -0.390 e. The van der Waals surface area contributed by atoms with E-state index in [-0.39, 0.29) is 6.61 Å². The fourth-order valence-electron chi connectivity index (χ4n) is 3.39. The molecule has 2 unspecified atom stereocenters. The molecule has 20 heavy (non-hydrogen) atoms. The second-order valence-corrected chi connectivity index (χ2v) is 6.17. The number of aromatic nitrogens is 1. The highest BCUT2D eigenvalue weighted by atomic mass is 16.3. The summed E-state index contributed by atoms with van der Waals surface area (Å²) in [5.74, 6) is 2.42. The van der Waals surface area contributed by atoms with Gasteiger partial charge in [-0.2, -0.15) is 0 Å². The van der Waals surface area contributed by atoms with Gasteiger partial charge in [0.15, 0.2) is 0 Å². The van der Waals surface area contributed by atoms with Crippen LogP contribution in [0.2, 0.25) is 0 Å². The molecule has 0 aliphatic carbocycles. The molecule has 0 spiro atoms. The summed E-state index contributed by atoms with van der Waals surface area (Å²) in [5, 5.41) is 11.8. The highest BCUT2D eigenvalue weighted by Gasteiger charge is 2.24. The van der Waals surface area contributed by atoms with Crippen molar-refractivity contribution in [1.82, 2.24) is 4.98 Å². The van der Waals surface area contributed by atoms with Crippen LogP contribution in [0.5, 0.6) is 0 Å². The zero-order chi connectivity index (χ0) is 14.1. The molecule has 3 nitrogen and oxygen atoms in total. The Balaban J connectivity index is 2.09. The molecule has 2 atom stereocenters. The number of benzene rings is 1. The second-order valence-electron chi connectivity index (χ2n) is 6.17. The lowest BCUT2D eigenvalue weighted by Gasteiger charge is -2.36. The van der Waals surface area contributed by atoms with Crippen LogP contribution < -0.4 is 4.90 Å². The van der Waals surface area contributed by atoms with Crippen LogP contribution in [0.3, 0.4) is 0 Å². The summed E-state index contributed by atoms with van der Waals surface area (Å²) in [6.45, 7) is 6.71. The number of aliphatic hydroxyl groups is 1. The van der Waals surface area contributed by atoms with E-state index in [1.54, 1.807) is 0 Å². The van der Waals surface area contributed by atoms with Crippen LogP contribution in [0.1, 0.15) is 26.0 Å². The van der Waals surface area contributed by atoms with Gasteiger partial charge in [0.05, 0.1) is 12.3 Å². The Hall–Kier alpha value is -1.61. The lowest BCUT2D eigenvalue weighted by atomic mass is 9.91. The van der Waals surface area contributed by atoms with E-state index in [9.17, 15) is 5.11 Å². The van der Waals surface area contributed by atoms with Crippen molar-refractivity contribution in [2.45, 2.75) is 26.9 Å². The van der Waals surface area contributed by atoms with E-state index in [1.165, 1.54) is 11.8 Å². The first kappa shape index (κ1) is 13.4. The van der Waals surface area contributed by atoms with Gasteiger partial charge in [0.25, 0.3) is 0 Å². The molecule has 1 aromatic heterocycles. The van der Waals surface area contributed by atoms with E-state index in [1.807, 2.05) is 12.1 Å². The Bertz CT molecular complexity index is 601. The summed E-state index contributed by atoms with van der Waals surface area (Å²) in [4.78, 5) is 7.08. The standard InChI is InChI=1S/C17H22N2O/c1-12-7-13(2)10-19(9-12)17-16-6-4-3-5-14(16)8-15(11-20)18-17/h3-6,8,12-13,20H,7,9-11H2,1-2H3. The molecule has 1 aliphatic rings. The summed E-state index contributed by atoms with van der Waals surface area (Å²) < 4.78 is 0. The molecule has 1 N–H and O–H groups in total. The van der Waals surface area contributed by atoms with Crippen molar-refractivity contribution in [3.63, 3.8) is 0 Å². The van der Waals surface area contributed by atoms with Crippen molar-refractivity contribution in [2.75, 3.05) is 18.0 Å². The number of aliphatic hydroxyl groups excluding tert-OH is 1. The average Bonchev–Trinajstić information content (AvgIpc) is 2.45. The fourth-order valence-corrected chi connectivity index (χ4v) is 3.39. The number of hydrogen-bond acceptors (Lipinski definition) is 3. The average molecular weight is 270 g/mol. The van der Waals surface area contributed by atoms with Crippen LogP contribution in [-0.2, 0) is 6.61 Å². The Kier molecular flexibility index (Phi) is 3.62. The Morgan fingerprint density at radius 2 is 1.90 bits per heavy atom. The van der Waals surface area contributed by atoms with E-state index in [0.29, 0.717) is 11.8 Å². The van der Waals surface area contributed by atoms with E-state index in [2.05, 4.69) is 41.9 Å². The highest BCUT2D eigenvalue weighted by Crippen LogP contribution is 2.31. The van der Waals surface area contributed by atoms with Crippen molar-refractivity contribution in [3.05, 3.63) is 36.0 Å². The summed E-state index contributed by atoms with van der Waals surface area (Å²) in [6, 6.07) is 10.3. The van der Waals surface area contributed by atoms with Crippen LogP contribution in [-0.4, -0.2) is 23.2 Å². The van der Waals surface area contributed by atoms with Gasteiger partial charge in [0.2, 0.25) is 0 Å². The maximum Gasteiger partial charge on any atom is 0.136 e. The molecular formula is C17H22N2O. The summed E-state index contributed by atoms with van der Waals surface area (Å²) in [6.07, 6.45) is 1.29. The van der Waals surface area contributed by atoms with Gasteiger partial charge in [-0.15, -0.1) is 0 Å². The molecule has 2 aromatic rings. The zero-order valence-corrected chi connectivity index (χ0v) is 12.2. The third-order valence-electron chi connectivity index (χ3n) is 4.10. The largest absolute Gasteiger partial charge is 0.390 e. The summed E-state index contributed by atoms with van der Waals surface area (Å²) >= 11 is 0.